The molecular weight excluding hydrogens is 393 g/mol. The zero-order valence-electron chi connectivity index (χ0n) is 13.6. The Balaban J connectivity index is 1.90. The molecule has 0 spiro atoms. The number of esters is 1. The number of cyclic esters (lactones) is 1. The Morgan fingerprint density at radius 2 is 2.00 bits per heavy atom. The fourth-order valence-corrected chi connectivity index (χ4v) is 3.99. The van der Waals surface area contributed by atoms with Crippen molar-refractivity contribution in [1.82, 2.24) is 0 Å². The van der Waals surface area contributed by atoms with E-state index in [4.69, 9.17) is 9.47 Å². The first kappa shape index (κ1) is 16.6. The van der Waals surface area contributed by atoms with Crippen LogP contribution in [0.15, 0.2) is 38.9 Å². The predicted molar refractivity (Wildman–Crippen MR) is 90.8 cm³/mol. The van der Waals surface area contributed by atoms with Gasteiger partial charge in [0.1, 0.15) is 18.0 Å². The maximum atomic E-state index is 13.7. The van der Waals surface area contributed by atoms with Crippen molar-refractivity contribution in [3.05, 3.63) is 45.3 Å². The fraction of sp³-hybridized carbons (Fsp3) is 0.389. The second-order valence-corrected chi connectivity index (χ2v) is 7.69. The van der Waals surface area contributed by atoms with E-state index in [0.29, 0.717) is 22.5 Å². The Morgan fingerprint density at radius 1 is 1.24 bits per heavy atom. The topological polar surface area (TPSA) is 65.0 Å². The van der Waals surface area contributed by atoms with Gasteiger partial charge in [-0.25, -0.2) is 9.18 Å². The lowest BCUT2D eigenvalue weighted by molar-refractivity contribution is -0.144. The molecule has 0 radical (unpaired) electrons. The van der Waals surface area contributed by atoms with Gasteiger partial charge in [-0.3, -0.25) is 9.79 Å². The van der Waals surface area contributed by atoms with E-state index in [2.05, 4.69) is 20.9 Å². The summed E-state index contributed by atoms with van der Waals surface area (Å²) >= 11 is 3.18. The van der Waals surface area contributed by atoms with Gasteiger partial charge in [0.2, 0.25) is 0 Å². The zero-order chi connectivity index (χ0) is 17.9. The summed E-state index contributed by atoms with van der Waals surface area (Å²) in [6, 6.07) is 4.52. The van der Waals surface area contributed by atoms with Gasteiger partial charge in [-0.05, 0) is 47.5 Å². The maximum Gasteiger partial charge on any atom is 0.337 e. The molecule has 3 aliphatic rings. The number of nitrogens with zero attached hydrogens (tertiary/aromatic N) is 1. The van der Waals surface area contributed by atoms with Crippen molar-refractivity contribution in [3.63, 3.8) is 0 Å². The minimum Gasteiger partial charge on any atom is -0.456 e. The van der Waals surface area contributed by atoms with E-state index in [1.54, 1.807) is 26.0 Å². The normalized spacial score (nSPS) is 27.6. The Kier molecular flexibility index (Phi) is 3.70. The molecule has 0 aromatic heterocycles. The summed E-state index contributed by atoms with van der Waals surface area (Å²) in [5.41, 5.74) is 1.20. The summed E-state index contributed by atoms with van der Waals surface area (Å²) < 4.78 is 24.8. The molecule has 130 valence electrons. The summed E-state index contributed by atoms with van der Waals surface area (Å²) in [4.78, 5) is 29.8. The van der Waals surface area contributed by atoms with Gasteiger partial charge in [0.15, 0.2) is 5.78 Å². The van der Waals surface area contributed by atoms with Crippen LogP contribution in [-0.4, -0.2) is 36.3 Å². The number of benzene rings is 1. The Hall–Kier alpha value is -1.86. The maximum absolute atomic E-state index is 13.7. The highest BCUT2D eigenvalue weighted by molar-refractivity contribution is 9.10. The Labute approximate surface area is 152 Å². The number of ketones is 1. The van der Waals surface area contributed by atoms with Gasteiger partial charge in [-0.1, -0.05) is 6.07 Å². The molecule has 0 bridgehead atoms. The van der Waals surface area contributed by atoms with Crippen LogP contribution in [0.25, 0.3) is 0 Å². The summed E-state index contributed by atoms with van der Waals surface area (Å²) in [5, 5.41) is 0. The first-order chi connectivity index (χ1) is 11.8. The molecule has 25 heavy (non-hydrogen) atoms. The van der Waals surface area contributed by atoms with Crippen LogP contribution >= 0.6 is 15.9 Å². The van der Waals surface area contributed by atoms with Gasteiger partial charge in [-0.15, -0.1) is 0 Å². The standard InChI is InChI=1S/C18H15BrFNO4/c1-18(2)16(22)14-12(7-25-18)21-11-6-24-17(23)15(11)13(14)8-3-4-10(20)9(19)5-8/h3-5,13-14H,6-7H2,1-2H3. The first-order valence-electron chi connectivity index (χ1n) is 7.90. The highest BCUT2D eigenvalue weighted by atomic mass is 79.9. The average Bonchev–Trinajstić information content (AvgIpc) is 2.93. The molecule has 2 unspecified atom stereocenters. The molecule has 1 aromatic carbocycles. The molecule has 0 N–H and O–H groups in total. The summed E-state index contributed by atoms with van der Waals surface area (Å²) in [6.07, 6.45) is 0. The lowest BCUT2D eigenvalue weighted by atomic mass is 9.70. The van der Waals surface area contributed by atoms with Crippen LogP contribution in [0.4, 0.5) is 4.39 Å². The second kappa shape index (κ2) is 5.57. The number of ether oxygens (including phenoxy) is 2. The molecule has 3 aliphatic heterocycles. The van der Waals surface area contributed by atoms with E-state index in [1.165, 1.54) is 6.07 Å². The number of rotatable bonds is 1. The van der Waals surface area contributed by atoms with Crippen LogP contribution in [0.1, 0.15) is 25.3 Å². The number of carbonyl (C=O) groups excluding carboxylic acids is 2. The first-order valence-corrected chi connectivity index (χ1v) is 8.70. The van der Waals surface area contributed by atoms with Crippen molar-refractivity contribution in [2.45, 2.75) is 25.4 Å². The zero-order valence-corrected chi connectivity index (χ0v) is 15.2. The van der Waals surface area contributed by atoms with Crippen molar-refractivity contribution in [3.8, 4) is 0 Å². The number of hydrogen-bond acceptors (Lipinski definition) is 5. The highest BCUT2D eigenvalue weighted by Crippen LogP contribution is 2.45. The van der Waals surface area contributed by atoms with Gasteiger partial charge in [-0.2, -0.15) is 0 Å². The van der Waals surface area contributed by atoms with Crippen LogP contribution in [-0.2, 0) is 19.1 Å². The molecule has 0 aliphatic carbocycles. The molecule has 0 amide bonds. The quantitative estimate of drug-likeness (QED) is 0.671. The Morgan fingerprint density at radius 3 is 2.72 bits per heavy atom. The van der Waals surface area contributed by atoms with Crippen molar-refractivity contribution >= 4 is 33.4 Å². The molecule has 1 aromatic rings. The number of hydrogen-bond donors (Lipinski definition) is 0. The monoisotopic (exact) mass is 407 g/mol. The molecule has 0 saturated carbocycles. The third-order valence-corrected chi connectivity index (χ3v) is 5.52. The minimum atomic E-state index is -0.972. The van der Waals surface area contributed by atoms with Crippen molar-refractivity contribution in [1.29, 1.82) is 0 Å². The fourth-order valence-electron chi connectivity index (χ4n) is 3.60. The van der Waals surface area contributed by atoms with E-state index in [-0.39, 0.29) is 23.5 Å². The van der Waals surface area contributed by atoms with E-state index in [1.807, 2.05) is 0 Å². The SMILES string of the molecule is CC1(C)OCC2=NC3=C(C(=O)OC3)C(c3ccc(F)c(Br)c3)C2C1=O. The third kappa shape index (κ3) is 2.48. The number of fused-ring (bicyclic) bond motifs is 1. The lowest BCUT2D eigenvalue weighted by Gasteiger charge is -2.40. The van der Waals surface area contributed by atoms with E-state index >= 15 is 0 Å². The van der Waals surface area contributed by atoms with Crippen LogP contribution in [0.3, 0.4) is 0 Å². The minimum absolute atomic E-state index is 0.0842. The highest BCUT2D eigenvalue weighted by Gasteiger charge is 2.52. The van der Waals surface area contributed by atoms with Gasteiger partial charge in [0, 0.05) is 5.92 Å². The van der Waals surface area contributed by atoms with Crippen molar-refractivity contribution in [2.75, 3.05) is 13.2 Å². The molecule has 1 saturated heterocycles. The summed E-state index contributed by atoms with van der Waals surface area (Å²) in [6.45, 7) is 3.72. The number of carbonyl (C=O) groups is 2. The van der Waals surface area contributed by atoms with Crippen LogP contribution in [0.5, 0.6) is 0 Å². The van der Waals surface area contributed by atoms with Crippen molar-refractivity contribution in [2.24, 2.45) is 10.9 Å². The van der Waals surface area contributed by atoms with E-state index in [0.717, 1.165) is 0 Å². The van der Waals surface area contributed by atoms with Crippen LogP contribution in [0, 0.1) is 11.7 Å². The molecule has 7 heteroatoms. The number of halogens is 2. The average molecular weight is 408 g/mol. The molecule has 3 heterocycles. The molecule has 2 atom stereocenters. The van der Waals surface area contributed by atoms with E-state index < -0.39 is 29.2 Å². The molecule has 1 fully saturated rings. The van der Waals surface area contributed by atoms with Gasteiger partial charge in [0.05, 0.1) is 34.0 Å². The largest absolute Gasteiger partial charge is 0.456 e. The molecular formula is C18H15BrFNO4. The van der Waals surface area contributed by atoms with Crippen molar-refractivity contribution < 1.29 is 23.5 Å². The number of aliphatic imine (C=N–C) groups is 1. The second-order valence-electron chi connectivity index (χ2n) is 6.83. The van der Waals surface area contributed by atoms with Crippen LogP contribution < -0.4 is 0 Å². The predicted octanol–water partition coefficient (Wildman–Crippen LogP) is 2.93. The lowest BCUT2D eigenvalue weighted by Crippen LogP contribution is -2.53. The number of Topliss-reactive ketones (excluding diaryl/α,β-unsaturated/α-hetero) is 1. The van der Waals surface area contributed by atoms with E-state index in [9.17, 15) is 14.0 Å². The molecule has 5 nitrogen and oxygen atoms in total. The summed E-state index contributed by atoms with van der Waals surface area (Å²) in [7, 11) is 0. The van der Waals surface area contributed by atoms with Gasteiger partial charge in [0.25, 0.3) is 0 Å². The van der Waals surface area contributed by atoms with Gasteiger partial charge < -0.3 is 9.47 Å². The third-order valence-electron chi connectivity index (χ3n) is 4.91. The van der Waals surface area contributed by atoms with Crippen LogP contribution in [0.2, 0.25) is 0 Å². The Bertz CT molecular complexity index is 874. The summed E-state index contributed by atoms with van der Waals surface area (Å²) in [5.74, 6) is -2.19. The van der Waals surface area contributed by atoms with Gasteiger partial charge >= 0.3 is 5.97 Å². The molecule has 4 rings (SSSR count). The smallest absolute Gasteiger partial charge is 0.337 e.